The number of hydrogen-bond acceptors (Lipinski definition) is 3. The fourth-order valence-corrected chi connectivity index (χ4v) is 2.59. The maximum atomic E-state index is 13.5. The molecule has 0 aromatic heterocycles. The summed E-state index contributed by atoms with van der Waals surface area (Å²) in [6.07, 6.45) is 0.721. The predicted molar refractivity (Wildman–Crippen MR) is 76.9 cm³/mol. The summed E-state index contributed by atoms with van der Waals surface area (Å²) in [7, 11) is 0. The molecule has 7 heteroatoms. The number of rotatable bonds is 4. The van der Waals surface area contributed by atoms with Crippen molar-refractivity contribution in [3.8, 4) is 0 Å². The van der Waals surface area contributed by atoms with Crippen molar-refractivity contribution in [1.29, 1.82) is 0 Å². The number of allylic oxidation sites excluding steroid dienone is 1. The highest BCUT2D eigenvalue weighted by Gasteiger charge is 2.39. The van der Waals surface area contributed by atoms with E-state index in [1.807, 2.05) is 6.92 Å². The molecule has 112 valence electrons. The number of benzene rings is 1. The van der Waals surface area contributed by atoms with Crippen LogP contribution in [-0.4, -0.2) is 16.9 Å². The van der Waals surface area contributed by atoms with E-state index in [9.17, 15) is 19.1 Å². The van der Waals surface area contributed by atoms with Crippen LogP contribution in [0.5, 0.6) is 0 Å². The van der Waals surface area contributed by atoms with Crippen LogP contribution in [0, 0.1) is 17.7 Å². The summed E-state index contributed by atoms with van der Waals surface area (Å²) in [6.45, 7) is 1.90. The van der Waals surface area contributed by atoms with Crippen molar-refractivity contribution in [2.75, 3.05) is 0 Å². The molecule has 2 rings (SSSR count). The molecule has 1 aromatic rings. The number of carbonyl (C=O) groups excluding carboxylic acids is 1. The summed E-state index contributed by atoms with van der Waals surface area (Å²) >= 11 is 11.4. The van der Waals surface area contributed by atoms with Crippen molar-refractivity contribution in [3.63, 3.8) is 0 Å². The maximum Gasteiger partial charge on any atom is 0.341 e. The first-order valence-corrected chi connectivity index (χ1v) is 6.91. The van der Waals surface area contributed by atoms with Crippen LogP contribution >= 0.6 is 23.2 Å². The molecule has 1 fully saturated rings. The maximum absolute atomic E-state index is 13.5. The third-order valence-electron chi connectivity index (χ3n) is 3.49. The Labute approximate surface area is 130 Å². The van der Waals surface area contributed by atoms with Crippen LogP contribution in [0.2, 0.25) is 10.0 Å². The lowest BCUT2D eigenvalue weighted by atomic mass is 9.99. The van der Waals surface area contributed by atoms with Gasteiger partial charge in [0.05, 0.1) is 10.0 Å². The fourth-order valence-electron chi connectivity index (χ4n) is 2.12. The van der Waals surface area contributed by atoms with Gasteiger partial charge in [-0.25, -0.2) is 9.18 Å². The van der Waals surface area contributed by atoms with Gasteiger partial charge in [0.1, 0.15) is 11.4 Å². The van der Waals surface area contributed by atoms with Gasteiger partial charge in [0.15, 0.2) is 0 Å². The molecule has 0 amide bonds. The molecule has 21 heavy (non-hydrogen) atoms. The van der Waals surface area contributed by atoms with Crippen LogP contribution in [0.25, 0.3) is 0 Å². The van der Waals surface area contributed by atoms with Gasteiger partial charge in [-0.05, 0) is 24.5 Å². The highest BCUT2D eigenvalue weighted by Crippen LogP contribution is 2.43. The number of aliphatic carboxylic acids is 1. The van der Waals surface area contributed by atoms with E-state index in [1.54, 1.807) is 0 Å². The van der Waals surface area contributed by atoms with Crippen LogP contribution in [-0.2, 0) is 4.79 Å². The van der Waals surface area contributed by atoms with Gasteiger partial charge in [0, 0.05) is 17.2 Å². The van der Waals surface area contributed by atoms with Crippen molar-refractivity contribution >= 4 is 35.0 Å². The van der Waals surface area contributed by atoms with E-state index >= 15 is 0 Å². The van der Waals surface area contributed by atoms with E-state index in [2.05, 4.69) is 0 Å². The fraction of sp³-hybridized carbons (Fsp3) is 0.286. The monoisotopic (exact) mass is 331 g/mol. The van der Waals surface area contributed by atoms with Gasteiger partial charge in [0.25, 0.3) is 0 Å². The number of carboxylic acid groups (broad SMARTS) is 1. The SMILES string of the molecule is CC1CC1C(N)=C(C(=O)O)C(=O)c1cc(F)c(Cl)cc1Cl. The van der Waals surface area contributed by atoms with E-state index in [-0.39, 0.29) is 33.1 Å². The molecule has 0 heterocycles. The van der Waals surface area contributed by atoms with Crippen LogP contribution in [0.4, 0.5) is 4.39 Å². The van der Waals surface area contributed by atoms with E-state index in [4.69, 9.17) is 28.9 Å². The number of carbonyl (C=O) groups is 2. The minimum absolute atomic E-state index is 0.00595. The summed E-state index contributed by atoms with van der Waals surface area (Å²) < 4.78 is 13.5. The van der Waals surface area contributed by atoms with Gasteiger partial charge in [-0.3, -0.25) is 4.79 Å². The Balaban J connectivity index is 2.50. The van der Waals surface area contributed by atoms with Crippen molar-refractivity contribution < 1.29 is 19.1 Å². The molecule has 0 radical (unpaired) electrons. The lowest BCUT2D eigenvalue weighted by Crippen LogP contribution is -2.20. The first-order valence-electron chi connectivity index (χ1n) is 6.16. The number of carboxylic acids is 1. The van der Waals surface area contributed by atoms with Crippen LogP contribution in [0.3, 0.4) is 0 Å². The van der Waals surface area contributed by atoms with Gasteiger partial charge >= 0.3 is 5.97 Å². The first-order chi connectivity index (χ1) is 9.73. The predicted octanol–water partition coefficient (Wildman–Crippen LogP) is 3.27. The van der Waals surface area contributed by atoms with Crippen LogP contribution < -0.4 is 5.73 Å². The molecule has 1 aromatic carbocycles. The summed E-state index contributed by atoms with van der Waals surface area (Å²) in [6, 6.07) is 1.88. The third-order valence-corrected chi connectivity index (χ3v) is 4.10. The average molecular weight is 332 g/mol. The van der Waals surface area contributed by atoms with E-state index in [0.717, 1.165) is 18.6 Å². The zero-order chi connectivity index (χ0) is 15.9. The molecular weight excluding hydrogens is 320 g/mol. The zero-order valence-corrected chi connectivity index (χ0v) is 12.5. The molecule has 0 bridgehead atoms. The second-order valence-electron chi connectivity index (χ2n) is 5.03. The third kappa shape index (κ3) is 3.04. The van der Waals surface area contributed by atoms with Gasteiger partial charge < -0.3 is 10.8 Å². The van der Waals surface area contributed by atoms with Crippen molar-refractivity contribution in [2.24, 2.45) is 17.6 Å². The lowest BCUT2D eigenvalue weighted by Gasteiger charge is -2.09. The molecule has 0 saturated heterocycles. The summed E-state index contributed by atoms with van der Waals surface area (Å²) in [5.41, 5.74) is 4.96. The van der Waals surface area contributed by atoms with Crippen molar-refractivity contribution in [1.82, 2.24) is 0 Å². The lowest BCUT2D eigenvalue weighted by molar-refractivity contribution is -0.132. The molecule has 2 unspecified atom stereocenters. The Kier molecular flexibility index (Phi) is 4.25. The molecule has 1 saturated carbocycles. The summed E-state index contributed by atoms with van der Waals surface area (Å²) in [4.78, 5) is 23.7. The average Bonchev–Trinajstić information content (AvgIpc) is 3.10. The molecule has 4 nitrogen and oxygen atoms in total. The highest BCUT2D eigenvalue weighted by molar-refractivity contribution is 6.39. The number of hydrogen-bond donors (Lipinski definition) is 2. The Hall–Kier alpha value is -1.59. The van der Waals surface area contributed by atoms with Crippen LogP contribution in [0.15, 0.2) is 23.4 Å². The molecule has 0 aliphatic heterocycles. The Morgan fingerprint density at radius 1 is 1.33 bits per heavy atom. The van der Waals surface area contributed by atoms with Crippen molar-refractivity contribution in [2.45, 2.75) is 13.3 Å². The minimum atomic E-state index is -1.46. The molecule has 2 atom stereocenters. The van der Waals surface area contributed by atoms with E-state index < -0.39 is 23.1 Å². The van der Waals surface area contributed by atoms with Crippen molar-refractivity contribution in [3.05, 3.63) is 44.8 Å². The molecule has 1 aliphatic carbocycles. The standard InChI is InChI=1S/C14H12Cl2FNO3/c1-5-2-6(5)12(18)11(14(20)21)13(19)7-3-10(17)9(16)4-8(7)15/h3-6H,2,18H2,1H3,(H,20,21). The van der Waals surface area contributed by atoms with Crippen LogP contribution in [0.1, 0.15) is 23.7 Å². The second kappa shape index (κ2) is 5.66. The van der Waals surface area contributed by atoms with E-state index in [1.165, 1.54) is 0 Å². The largest absolute Gasteiger partial charge is 0.477 e. The van der Waals surface area contributed by atoms with Gasteiger partial charge in [0.2, 0.25) is 5.78 Å². The number of Topliss-reactive ketones (excluding diaryl/α,β-unsaturated/α-hetero) is 1. The van der Waals surface area contributed by atoms with E-state index in [0.29, 0.717) is 0 Å². The summed E-state index contributed by atoms with van der Waals surface area (Å²) in [5, 5.41) is 8.86. The number of nitrogens with two attached hydrogens (primary N) is 1. The number of halogens is 3. The quantitative estimate of drug-likeness (QED) is 0.292. The first kappa shape index (κ1) is 15.8. The smallest absolute Gasteiger partial charge is 0.341 e. The minimum Gasteiger partial charge on any atom is -0.477 e. The zero-order valence-electron chi connectivity index (χ0n) is 11.0. The molecule has 3 N–H and O–H groups in total. The molecule has 0 spiro atoms. The Morgan fingerprint density at radius 2 is 1.90 bits per heavy atom. The molecular formula is C14H12Cl2FNO3. The number of ketones is 1. The Bertz CT molecular complexity index is 672. The highest BCUT2D eigenvalue weighted by atomic mass is 35.5. The van der Waals surface area contributed by atoms with Gasteiger partial charge in [-0.1, -0.05) is 30.1 Å². The van der Waals surface area contributed by atoms with Gasteiger partial charge in [-0.2, -0.15) is 0 Å². The Morgan fingerprint density at radius 3 is 2.38 bits per heavy atom. The van der Waals surface area contributed by atoms with Gasteiger partial charge in [-0.15, -0.1) is 0 Å². The normalized spacial score (nSPS) is 21.7. The molecule has 1 aliphatic rings. The second-order valence-corrected chi connectivity index (χ2v) is 5.84. The topological polar surface area (TPSA) is 80.4 Å². The summed E-state index contributed by atoms with van der Waals surface area (Å²) in [5.74, 6) is -3.14.